The highest BCUT2D eigenvalue weighted by Crippen LogP contribution is 2.29. The second-order valence-electron chi connectivity index (χ2n) is 5.49. The van der Waals surface area contributed by atoms with Gasteiger partial charge >= 0.3 is 0 Å². The number of halogens is 1. The third kappa shape index (κ3) is 3.72. The third-order valence-corrected chi connectivity index (χ3v) is 4.31. The summed E-state index contributed by atoms with van der Waals surface area (Å²) in [5.41, 5.74) is 2.92. The normalized spacial score (nSPS) is 15.4. The molecule has 0 aliphatic carbocycles. The molecular formula is C20H17BrN2O2. The molecule has 2 aromatic rings. The molecule has 3 rings (SSSR count). The lowest BCUT2D eigenvalue weighted by molar-refractivity contribution is -0.114. The van der Waals surface area contributed by atoms with Gasteiger partial charge in [0.25, 0.3) is 5.91 Å². The molecule has 25 heavy (non-hydrogen) atoms. The van der Waals surface area contributed by atoms with Gasteiger partial charge in [-0.05, 0) is 58.8 Å². The zero-order valence-corrected chi connectivity index (χ0v) is 15.4. The molecule has 0 saturated heterocycles. The summed E-state index contributed by atoms with van der Waals surface area (Å²) in [6.07, 6.45) is 3.53. The average Bonchev–Trinajstić information content (AvgIpc) is 2.90. The van der Waals surface area contributed by atoms with Gasteiger partial charge in [0.2, 0.25) is 0 Å². The molecule has 0 spiro atoms. The van der Waals surface area contributed by atoms with Crippen LogP contribution in [0.25, 0.3) is 6.08 Å². The van der Waals surface area contributed by atoms with Crippen molar-refractivity contribution in [2.45, 2.75) is 6.92 Å². The van der Waals surface area contributed by atoms with E-state index in [1.54, 1.807) is 6.08 Å². The Morgan fingerprint density at radius 1 is 1.24 bits per heavy atom. The van der Waals surface area contributed by atoms with Gasteiger partial charge in [-0.15, -0.1) is 0 Å². The third-order valence-electron chi connectivity index (χ3n) is 3.69. The Morgan fingerprint density at radius 3 is 2.68 bits per heavy atom. The summed E-state index contributed by atoms with van der Waals surface area (Å²) >= 11 is 3.49. The highest BCUT2D eigenvalue weighted by Gasteiger charge is 2.28. The minimum Gasteiger partial charge on any atom is -0.488 e. The van der Waals surface area contributed by atoms with Crippen LogP contribution in [-0.4, -0.2) is 18.2 Å². The van der Waals surface area contributed by atoms with Crippen molar-refractivity contribution in [1.29, 1.82) is 0 Å². The standard InChI is InChI=1S/C20H17BrN2O2/c1-3-11-25-19-10-9-15(13-18(19)21)12-17-14(2)22-23(20(17)24)16-7-5-4-6-8-16/h3-10,12-13H,1,11H2,2H3/b17-12+. The molecule has 0 aromatic heterocycles. The smallest absolute Gasteiger partial charge is 0.280 e. The van der Waals surface area contributed by atoms with Crippen LogP contribution in [0.2, 0.25) is 0 Å². The largest absolute Gasteiger partial charge is 0.488 e. The van der Waals surface area contributed by atoms with Crippen LogP contribution in [-0.2, 0) is 4.79 Å². The van der Waals surface area contributed by atoms with Crippen LogP contribution < -0.4 is 9.75 Å². The Labute approximate surface area is 155 Å². The van der Waals surface area contributed by atoms with Gasteiger partial charge in [-0.25, -0.2) is 0 Å². The molecule has 1 aliphatic rings. The quantitative estimate of drug-likeness (QED) is 0.536. The maximum Gasteiger partial charge on any atom is 0.280 e. The minimum absolute atomic E-state index is 0.133. The highest BCUT2D eigenvalue weighted by molar-refractivity contribution is 9.10. The number of hydrogen-bond donors (Lipinski definition) is 0. The van der Waals surface area contributed by atoms with Crippen LogP contribution in [0.4, 0.5) is 5.69 Å². The van der Waals surface area contributed by atoms with E-state index < -0.39 is 0 Å². The molecule has 0 N–H and O–H groups in total. The van der Waals surface area contributed by atoms with Gasteiger partial charge in [0, 0.05) is 0 Å². The second-order valence-corrected chi connectivity index (χ2v) is 6.34. The zero-order chi connectivity index (χ0) is 17.8. The monoisotopic (exact) mass is 396 g/mol. The summed E-state index contributed by atoms with van der Waals surface area (Å²) in [5.74, 6) is 0.600. The topological polar surface area (TPSA) is 41.9 Å². The van der Waals surface area contributed by atoms with Gasteiger partial charge < -0.3 is 4.74 Å². The number of carbonyl (C=O) groups excluding carboxylic acids is 1. The Bertz CT molecular complexity index is 873. The summed E-state index contributed by atoms with van der Waals surface area (Å²) in [5, 5.41) is 5.81. The van der Waals surface area contributed by atoms with Gasteiger partial charge in [-0.3, -0.25) is 4.79 Å². The van der Waals surface area contributed by atoms with E-state index in [0.717, 1.165) is 21.5 Å². The lowest BCUT2D eigenvalue weighted by Gasteiger charge is -2.11. The second kappa shape index (κ2) is 7.49. The average molecular weight is 397 g/mol. The van der Waals surface area contributed by atoms with E-state index in [0.29, 0.717) is 17.9 Å². The molecular weight excluding hydrogens is 380 g/mol. The Morgan fingerprint density at radius 2 is 2.00 bits per heavy atom. The Hall–Kier alpha value is -2.66. The van der Waals surface area contributed by atoms with Crippen LogP contribution in [0.5, 0.6) is 5.75 Å². The summed E-state index contributed by atoms with van der Waals surface area (Å²) in [6, 6.07) is 15.1. The van der Waals surface area contributed by atoms with Crippen LogP contribution in [0.3, 0.4) is 0 Å². The maximum atomic E-state index is 12.7. The van der Waals surface area contributed by atoms with E-state index in [1.165, 1.54) is 5.01 Å². The van der Waals surface area contributed by atoms with E-state index >= 15 is 0 Å². The fraction of sp³-hybridized carbons (Fsp3) is 0.100. The molecule has 4 nitrogen and oxygen atoms in total. The predicted octanol–water partition coefficient (Wildman–Crippen LogP) is 4.82. The maximum absolute atomic E-state index is 12.7. The van der Waals surface area contributed by atoms with Crippen molar-refractivity contribution >= 4 is 39.3 Å². The molecule has 126 valence electrons. The van der Waals surface area contributed by atoms with Crippen molar-refractivity contribution in [3.8, 4) is 5.75 Å². The van der Waals surface area contributed by atoms with E-state index in [4.69, 9.17) is 4.74 Å². The minimum atomic E-state index is -0.133. The SMILES string of the molecule is C=CCOc1ccc(/C=C2/C(=O)N(c3ccccc3)N=C2C)cc1Br. The molecule has 1 aliphatic heterocycles. The predicted molar refractivity (Wildman–Crippen MR) is 105 cm³/mol. The molecule has 0 bridgehead atoms. The van der Waals surface area contributed by atoms with Crippen LogP contribution >= 0.6 is 15.9 Å². The molecule has 0 saturated carbocycles. The molecule has 0 unspecified atom stereocenters. The van der Waals surface area contributed by atoms with Crippen LogP contribution in [0.15, 0.2) is 76.3 Å². The van der Waals surface area contributed by atoms with Gasteiger partial charge in [-0.2, -0.15) is 10.1 Å². The Kier molecular flexibility index (Phi) is 5.14. The number of hydrazone groups is 1. The number of anilines is 1. The number of carbonyl (C=O) groups is 1. The number of benzene rings is 2. The molecule has 0 radical (unpaired) electrons. The molecule has 2 aromatic carbocycles. The summed E-state index contributed by atoms with van der Waals surface area (Å²) in [4.78, 5) is 12.7. The first kappa shape index (κ1) is 17.2. The highest BCUT2D eigenvalue weighted by atomic mass is 79.9. The lowest BCUT2D eigenvalue weighted by Crippen LogP contribution is -2.21. The number of amides is 1. The first-order chi connectivity index (χ1) is 12.1. The van der Waals surface area contributed by atoms with Crippen LogP contribution in [0, 0.1) is 0 Å². The van der Waals surface area contributed by atoms with E-state index in [2.05, 4.69) is 27.6 Å². The van der Waals surface area contributed by atoms with Crippen LogP contribution in [0.1, 0.15) is 12.5 Å². The zero-order valence-electron chi connectivity index (χ0n) is 13.8. The summed E-state index contributed by atoms with van der Waals surface area (Å²) in [6.45, 7) is 5.91. The Balaban J connectivity index is 1.87. The van der Waals surface area contributed by atoms with E-state index in [-0.39, 0.29) is 5.91 Å². The van der Waals surface area contributed by atoms with Crippen molar-refractivity contribution in [3.63, 3.8) is 0 Å². The summed E-state index contributed by atoms with van der Waals surface area (Å²) in [7, 11) is 0. The van der Waals surface area contributed by atoms with Crippen molar-refractivity contribution < 1.29 is 9.53 Å². The number of ether oxygens (including phenoxy) is 1. The number of nitrogens with zero attached hydrogens (tertiary/aromatic N) is 2. The molecule has 0 atom stereocenters. The number of para-hydroxylation sites is 1. The number of hydrogen-bond acceptors (Lipinski definition) is 3. The molecule has 1 amide bonds. The fourth-order valence-corrected chi connectivity index (χ4v) is 2.98. The first-order valence-electron chi connectivity index (χ1n) is 7.80. The van der Waals surface area contributed by atoms with Gasteiger partial charge in [0.1, 0.15) is 12.4 Å². The molecule has 5 heteroatoms. The fourth-order valence-electron chi connectivity index (χ4n) is 2.47. The number of rotatable bonds is 5. The van der Waals surface area contributed by atoms with E-state index in [9.17, 15) is 4.79 Å². The van der Waals surface area contributed by atoms with Crippen molar-refractivity contribution in [2.75, 3.05) is 11.6 Å². The first-order valence-corrected chi connectivity index (χ1v) is 8.59. The van der Waals surface area contributed by atoms with Crippen molar-refractivity contribution in [3.05, 3.63) is 76.8 Å². The molecule has 0 fully saturated rings. The van der Waals surface area contributed by atoms with Crippen molar-refractivity contribution in [1.82, 2.24) is 0 Å². The van der Waals surface area contributed by atoms with Gasteiger partial charge in [0.15, 0.2) is 0 Å². The lowest BCUT2D eigenvalue weighted by atomic mass is 10.1. The summed E-state index contributed by atoms with van der Waals surface area (Å²) < 4.78 is 6.37. The van der Waals surface area contributed by atoms with Gasteiger partial charge in [0.05, 0.1) is 21.4 Å². The van der Waals surface area contributed by atoms with Crippen molar-refractivity contribution in [2.24, 2.45) is 5.10 Å². The van der Waals surface area contributed by atoms with Gasteiger partial charge in [-0.1, -0.05) is 36.9 Å². The molecule has 1 heterocycles. The van der Waals surface area contributed by atoms with E-state index in [1.807, 2.05) is 61.5 Å².